The van der Waals surface area contributed by atoms with Gasteiger partial charge in [0.1, 0.15) is 0 Å². The summed E-state index contributed by atoms with van der Waals surface area (Å²) < 4.78 is 14.3. The van der Waals surface area contributed by atoms with Gasteiger partial charge in [0.05, 0.1) is 0 Å². The lowest BCUT2D eigenvalue weighted by Gasteiger charge is -2.36. The van der Waals surface area contributed by atoms with E-state index >= 15 is 0 Å². The molecule has 1 atom stereocenters. The third-order valence-corrected chi connectivity index (χ3v) is 3.61. The molecule has 2 N–H and O–H groups in total. The van der Waals surface area contributed by atoms with E-state index in [-0.39, 0.29) is 11.5 Å². The number of hydrogen-bond donors (Lipinski definition) is 2. The van der Waals surface area contributed by atoms with Gasteiger partial charge < -0.3 is 5.11 Å². The maximum atomic E-state index is 13.4. The molecule has 0 radical (unpaired) electrons. The van der Waals surface area contributed by atoms with Crippen LogP contribution in [0.5, 0.6) is 5.88 Å². The second kappa shape index (κ2) is 4.26. The van der Waals surface area contributed by atoms with E-state index < -0.39 is 22.9 Å². The number of halogens is 1. The Hall–Kier alpha value is -1.59. The molecular formula is C12H17FN2O3. The summed E-state index contributed by atoms with van der Waals surface area (Å²) in [5.74, 6) is -2.15. The van der Waals surface area contributed by atoms with E-state index in [1.54, 1.807) is 0 Å². The van der Waals surface area contributed by atoms with Crippen molar-refractivity contribution < 1.29 is 9.50 Å². The summed E-state index contributed by atoms with van der Waals surface area (Å²) in [6, 6.07) is -0.271. The van der Waals surface area contributed by atoms with Crippen LogP contribution in [0.1, 0.15) is 45.6 Å². The normalized spacial score (nSPS) is 22.9. The fourth-order valence-electron chi connectivity index (χ4n) is 2.73. The fraction of sp³-hybridized carbons (Fsp3) is 0.667. The van der Waals surface area contributed by atoms with Gasteiger partial charge in [-0.2, -0.15) is 4.39 Å². The molecule has 0 amide bonds. The Morgan fingerprint density at radius 2 is 2.11 bits per heavy atom. The van der Waals surface area contributed by atoms with Gasteiger partial charge in [-0.3, -0.25) is 14.3 Å². The van der Waals surface area contributed by atoms with Crippen molar-refractivity contribution in [2.45, 2.75) is 45.6 Å². The molecule has 1 unspecified atom stereocenters. The Morgan fingerprint density at radius 1 is 1.44 bits per heavy atom. The third-order valence-electron chi connectivity index (χ3n) is 3.61. The third kappa shape index (κ3) is 2.19. The zero-order chi connectivity index (χ0) is 13.5. The number of aromatic nitrogens is 2. The standard InChI is InChI=1S/C12H17FN2O3/c1-12(2)5-3-4-7(6-12)15-10(17)8(13)9(16)14-11(15)18/h7,17H,3-6H2,1-2H3,(H,14,16,18). The number of hydrogen-bond acceptors (Lipinski definition) is 3. The summed E-state index contributed by atoms with van der Waals surface area (Å²) in [4.78, 5) is 24.6. The maximum Gasteiger partial charge on any atom is 0.331 e. The highest BCUT2D eigenvalue weighted by Crippen LogP contribution is 2.41. The molecule has 1 saturated carbocycles. The lowest BCUT2D eigenvalue weighted by molar-refractivity contribution is 0.168. The second-order valence-corrected chi connectivity index (χ2v) is 5.68. The molecule has 0 aromatic carbocycles. The van der Waals surface area contributed by atoms with Crippen LogP contribution < -0.4 is 11.2 Å². The van der Waals surface area contributed by atoms with Crippen molar-refractivity contribution in [2.75, 3.05) is 0 Å². The molecule has 1 fully saturated rings. The van der Waals surface area contributed by atoms with Crippen LogP contribution in [0, 0.1) is 11.2 Å². The van der Waals surface area contributed by atoms with Crippen LogP contribution in [0.25, 0.3) is 0 Å². The molecule has 18 heavy (non-hydrogen) atoms. The number of H-pyrrole nitrogens is 1. The van der Waals surface area contributed by atoms with E-state index in [4.69, 9.17) is 0 Å². The van der Waals surface area contributed by atoms with Crippen LogP contribution in [-0.2, 0) is 0 Å². The molecule has 0 saturated heterocycles. The minimum atomic E-state index is -1.29. The molecule has 1 aliphatic carbocycles. The summed E-state index contributed by atoms with van der Waals surface area (Å²) in [7, 11) is 0. The number of aromatic amines is 1. The van der Waals surface area contributed by atoms with E-state index in [0.717, 1.165) is 17.4 Å². The van der Waals surface area contributed by atoms with E-state index in [2.05, 4.69) is 13.8 Å². The molecule has 1 aromatic rings. The molecule has 1 heterocycles. The van der Waals surface area contributed by atoms with E-state index in [0.29, 0.717) is 12.8 Å². The first-order valence-corrected chi connectivity index (χ1v) is 6.05. The van der Waals surface area contributed by atoms with Crippen LogP contribution in [0.2, 0.25) is 0 Å². The molecule has 100 valence electrons. The number of rotatable bonds is 1. The number of nitrogens with one attached hydrogen (secondary N) is 1. The predicted octanol–water partition coefficient (Wildman–Crippen LogP) is 1.52. The van der Waals surface area contributed by atoms with Gasteiger partial charge in [-0.15, -0.1) is 0 Å². The molecular weight excluding hydrogens is 239 g/mol. The largest absolute Gasteiger partial charge is 0.492 e. The van der Waals surface area contributed by atoms with Crippen LogP contribution in [0.4, 0.5) is 4.39 Å². The Balaban J connectivity index is 2.49. The number of nitrogens with zero attached hydrogens (tertiary/aromatic N) is 1. The average Bonchev–Trinajstić information content (AvgIpc) is 2.25. The van der Waals surface area contributed by atoms with Crippen molar-refractivity contribution in [1.82, 2.24) is 9.55 Å². The van der Waals surface area contributed by atoms with Crippen molar-refractivity contribution in [3.63, 3.8) is 0 Å². The first kappa shape index (κ1) is 12.9. The highest BCUT2D eigenvalue weighted by atomic mass is 19.1. The summed E-state index contributed by atoms with van der Waals surface area (Å²) in [6.45, 7) is 4.15. The molecule has 1 aliphatic rings. The van der Waals surface area contributed by atoms with Crippen LogP contribution in [0.3, 0.4) is 0 Å². The minimum absolute atomic E-state index is 0.0431. The molecule has 5 nitrogen and oxygen atoms in total. The van der Waals surface area contributed by atoms with Crippen LogP contribution in [0.15, 0.2) is 9.59 Å². The molecule has 0 spiro atoms. The Bertz CT molecular complexity index is 574. The summed E-state index contributed by atoms with van der Waals surface area (Å²) in [5, 5.41) is 9.65. The van der Waals surface area contributed by atoms with Crippen molar-refractivity contribution in [3.05, 3.63) is 26.7 Å². The minimum Gasteiger partial charge on any atom is -0.492 e. The van der Waals surface area contributed by atoms with Gasteiger partial charge in [0.15, 0.2) is 0 Å². The first-order valence-electron chi connectivity index (χ1n) is 6.05. The van der Waals surface area contributed by atoms with Crippen molar-refractivity contribution in [2.24, 2.45) is 5.41 Å². The zero-order valence-corrected chi connectivity index (χ0v) is 10.5. The van der Waals surface area contributed by atoms with E-state index in [1.165, 1.54) is 0 Å². The average molecular weight is 256 g/mol. The topological polar surface area (TPSA) is 75.1 Å². The van der Waals surface area contributed by atoms with Crippen molar-refractivity contribution in [1.29, 1.82) is 0 Å². The Kier molecular flexibility index (Phi) is 3.04. The lowest BCUT2D eigenvalue weighted by Crippen LogP contribution is -2.37. The van der Waals surface area contributed by atoms with Gasteiger partial charge in [0.25, 0.3) is 5.56 Å². The van der Waals surface area contributed by atoms with E-state index in [1.807, 2.05) is 4.98 Å². The van der Waals surface area contributed by atoms with E-state index in [9.17, 15) is 19.1 Å². The van der Waals surface area contributed by atoms with Crippen LogP contribution >= 0.6 is 0 Å². The summed E-state index contributed by atoms with van der Waals surface area (Å²) >= 11 is 0. The quantitative estimate of drug-likeness (QED) is 0.800. The zero-order valence-electron chi connectivity index (χ0n) is 10.5. The smallest absolute Gasteiger partial charge is 0.331 e. The second-order valence-electron chi connectivity index (χ2n) is 5.68. The fourth-order valence-corrected chi connectivity index (χ4v) is 2.73. The van der Waals surface area contributed by atoms with Crippen LogP contribution in [-0.4, -0.2) is 14.7 Å². The summed E-state index contributed by atoms with van der Waals surface area (Å²) in [5.41, 5.74) is -1.88. The maximum absolute atomic E-state index is 13.4. The Labute approximate surface area is 103 Å². The molecule has 0 aliphatic heterocycles. The first-order chi connectivity index (χ1) is 8.32. The molecule has 1 aromatic heterocycles. The van der Waals surface area contributed by atoms with Crippen molar-refractivity contribution >= 4 is 0 Å². The van der Waals surface area contributed by atoms with Gasteiger partial charge >= 0.3 is 5.69 Å². The number of aromatic hydroxyl groups is 1. The van der Waals surface area contributed by atoms with Gasteiger partial charge in [0.2, 0.25) is 11.7 Å². The lowest BCUT2D eigenvalue weighted by atomic mass is 9.75. The highest BCUT2D eigenvalue weighted by molar-refractivity contribution is 5.11. The Morgan fingerprint density at radius 3 is 2.72 bits per heavy atom. The highest BCUT2D eigenvalue weighted by Gasteiger charge is 2.31. The van der Waals surface area contributed by atoms with Gasteiger partial charge in [-0.05, 0) is 24.7 Å². The molecule has 6 heteroatoms. The predicted molar refractivity (Wildman–Crippen MR) is 64.2 cm³/mol. The van der Waals surface area contributed by atoms with Gasteiger partial charge in [-0.1, -0.05) is 20.3 Å². The van der Waals surface area contributed by atoms with Gasteiger partial charge in [-0.25, -0.2) is 4.79 Å². The summed E-state index contributed by atoms with van der Waals surface area (Å²) in [6.07, 6.45) is 3.31. The monoisotopic (exact) mass is 256 g/mol. The molecule has 0 bridgehead atoms. The van der Waals surface area contributed by atoms with Crippen molar-refractivity contribution in [3.8, 4) is 5.88 Å². The SMILES string of the molecule is CC1(C)CCCC(n2c(O)c(F)c(=O)[nH]c2=O)C1. The molecule has 2 rings (SSSR count). The van der Waals surface area contributed by atoms with Gasteiger partial charge in [0, 0.05) is 6.04 Å².